The number of aromatic nitrogens is 2. The molecule has 0 aliphatic heterocycles. The Morgan fingerprint density at radius 2 is 2.40 bits per heavy atom. The van der Waals surface area contributed by atoms with Crippen LogP contribution >= 0.6 is 0 Å². The van der Waals surface area contributed by atoms with Crippen LogP contribution in [0.3, 0.4) is 0 Å². The smallest absolute Gasteiger partial charge is 0.125 e. The fourth-order valence-electron chi connectivity index (χ4n) is 0.649. The second-order valence-electron chi connectivity index (χ2n) is 2.59. The predicted octanol–water partition coefficient (Wildman–Crippen LogP) is 0.535. The van der Waals surface area contributed by atoms with Gasteiger partial charge in [-0.15, -0.1) is 0 Å². The summed E-state index contributed by atoms with van der Waals surface area (Å²) in [7, 11) is 0. The minimum absolute atomic E-state index is 0.476. The van der Waals surface area contributed by atoms with Crippen molar-refractivity contribution in [2.45, 2.75) is 19.4 Å². The van der Waals surface area contributed by atoms with Gasteiger partial charge in [0, 0.05) is 0 Å². The maximum Gasteiger partial charge on any atom is 0.125 e. The van der Waals surface area contributed by atoms with Gasteiger partial charge in [0.15, 0.2) is 0 Å². The lowest BCUT2D eigenvalue weighted by Crippen LogP contribution is -2.25. The Bertz CT molecular complexity index is 193. The van der Waals surface area contributed by atoms with Crippen LogP contribution in [0.1, 0.15) is 19.5 Å². The summed E-state index contributed by atoms with van der Waals surface area (Å²) in [6, 6.07) is 0. The Balaban J connectivity index is 2.85. The summed E-state index contributed by atoms with van der Waals surface area (Å²) in [5.41, 5.74) is 0.395. The van der Waals surface area contributed by atoms with E-state index in [9.17, 15) is 0 Å². The summed E-state index contributed by atoms with van der Waals surface area (Å²) in [5.74, 6) is 5.05. The van der Waals surface area contributed by atoms with Gasteiger partial charge in [-0.1, -0.05) is 0 Å². The summed E-state index contributed by atoms with van der Waals surface area (Å²) >= 11 is 0. The maximum atomic E-state index is 5.05. The zero-order valence-electron chi connectivity index (χ0n) is 6.09. The number of hydrogen-bond donors (Lipinski definition) is 2. The van der Waals surface area contributed by atoms with Gasteiger partial charge >= 0.3 is 0 Å². The highest BCUT2D eigenvalue weighted by molar-refractivity contribution is 5.04. The molecule has 0 spiro atoms. The van der Waals surface area contributed by atoms with E-state index in [4.69, 9.17) is 10.7 Å². The van der Waals surface area contributed by atoms with Gasteiger partial charge < -0.3 is 4.98 Å². The van der Waals surface area contributed by atoms with Gasteiger partial charge in [0.2, 0.25) is 0 Å². The number of imidazole rings is 1. The van der Waals surface area contributed by atoms with Crippen molar-refractivity contribution in [2.24, 2.45) is 5.90 Å². The van der Waals surface area contributed by atoms with Crippen LogP contribution in [0.2, 0.25) is 0 Å². The molecular formula is C6H11N3O. The Kier molecular flexibility index (Phi) is 1.74. The van der Waals surface area contributed by atoms with E-state index in [1.165, 1.54) is 0 Å². The van der Waals surface area contributed by atoms with Crippen molar-refractivity contribution >= 4 is 0 Å². The van der Waals surface area contributed by atoms with Crippen LogP contribution in [-0.4, -0.2) is 9.97 Å². The van der Waals surface area contributed by atoms with Gasteiger partial charge in [0.05, 0.1) is 18.2 Å². The molecule has 10 heavy (non-hydrogen) atoms. The molecule has 4 nitrogen and oxygen atoms in total. The van der Waals surface area contributed by atoms with E-state index >= 15 is 0 Å². The minimum Gasteiger partial charge on any atom is -0.346 e. The standard InChI is InChI=1S/C6H11N3O/c1-6(2,10-7)5-3-8-4-9-5/h3-4H,7H2,1-2H3,(H,8,9). The SMILES string of the molecule is CC(C)(ON)c1cnc[nH]1. The number of rotatable bonds is 2. The molecule has 1 aromatic heterocycles. The van der Waals surface area contributed by atoms with E-state index < -0.39 is 5.60 Å². The Labute approximate surface area is 59.4 Å². The molecule has 1 heterocycles. The van der Waals surface area contributed by atoms with Crippen LogP contribution in [0.5, 0.6) is 0 Å². The molecule has 56 valence electrons. The van der Waals surface area contributed by atoms with Crippen molar-refractivity contribution in [1.29, 1.82) is 0 Å². The van der Waals surface area contributed by atoms with E-state index in [1.807, 2.05) is 13.8 Å². The highest BCUT2D eigenvalue weighted by Gasteiger charge is 2.21. The number of aromatic amines is 1. The summed E-state index contributed by atoms with van der Waals surface area (Å²) < 4.78 is 0. The molecule has 3 N–H and O–H groups in total. The van der Waals surface area contributed by atoms with Gasteiger partial charge in [0.1, 0.15) is 5.60 Å². The first-order chi connectivity index (χ1) is 4.67. The third-order valence-electron chi connectivity index (χ3n) is 1.44. The highest BCUT2D eigenvalue weighted by Crippen LogP contribution is 2.18. The van der Waals surface area contributed by atoms with Gasteiger partial charge in [-0.25, -0.2) is 10.9 Å². The minimum atomic E-state index is -0.476. The summed E-state index contributed by atoms with van der Waals surface area (Å²) in [6.45, 7) is 3.72. The molecule has 0 saturated carbocycles. The zero-order chi connectivity index (χ0) is 7.61. The van der Waals surface area contributed by atoms with Crippen molar-refractivity contribution in [3.05, 3.63) is 18.2 Å². The van der Waals surface area contributed by atoms with Crippen molar-refractivity contribution in [1.82, 2.24) is 9.97 Å². The van der Waals surface area contributed by atoms with Crippen LogP contribution in [0, 0.1) is 0 Å². The summed E-state index contributed by atoms with van der Waals surface area (Å²) in [6.07, 6.45) is 3.28. The molecule has 0 fully saturated rings. The first-order valence-electron chi connectivity index (χ1n) is 3.03. The van der Waals surface area contributed by atoms with Gasteiger partial charge in [-0.2, -0.15) is 0 Å². The van der Waals surface area contributed by atoms with Crippen LogP contribution in [-0.2, 0) is 10.4 Å². The Morgan fingerprint density at radius 1 is 1.70 bits per heavy atom. The second kappa shape index (κ2) is 2.40. The van der Waals surface area contributed by atoms with Gasteiger partial charge in [-0.3, -0.25) is 4.84 Å². The number of nitrogens with two attached hydrogens (primary N) is 1. The molecule has 0 unspecified atom stereocenters. The maximum absolute atomic E-state index is 5.05. The van der Waals surface area contributed by atoms with Crippen molar-refractivity contribution < 1.29 is 4.84 Å². The fourth-order valence-corrected chi connectivity index (χ4v) is 0.649. The van der Waals surface area contributed by atoms with Crippen LogP contribution in [0.15, 0.2) is 12.5 Å². The molecule has 0 aromatic carbocycles. The molecule has 0 radical (unpaired) electrons. The van der Waals surface area contributed by atoms with Crippen LogP contribution < -0.4 is 5.90 Å². The molecule has 1 rings (SSSR count). The van der Waals surface area contributed by atoms with Crippen molar-refractivity contribution in [2.75, 3.05) is 0 Å². The largest absolute Gasteiger partial charge is 0.346 e. The average Bonchev–Trinajstić information content (AvgIpc) is 2.38. The number of H-pyrrole nitrogens is 1. The molecule has 0 aliphatic carbocycles. The van der Waals surface area contributed by atoms with E-state index in [-0.39, 0.29) is 0 Å². The third-order valence-corrected chi connectivity index (χ3v) is 1.44. The molecule has 0 atom stereocenters. The lowest BCUT2D eigenvalue weighted by Gasteiger charge is -2.18. The number of hydrogen-bond acceptors (Lipinski definition) is 3. The summed E-state index contributed by atoms with van der Waals surface area (Å²) in [4.78, 5) is 11.5. The van der Waals surface area contributed by atoms with E-state index in [2.05, 4.69) is 9.97 Å². The second-order valence-corrected chi connectivity index (χ2v) is 2.59. The van der Waals surface area contributed by atoms with Crippen LogP contribution in [0.25, 0.3) is 0 Å². The molecule has 4 heteroatoms. The molecule has 0 aliphatic rings. The van der Waals surface area contributed by atoms with Crippen LogP contribution in [0.4, 0.5) is 0 Å². The molecule has 0 saturated heterocycles. The number of nitrogens with zero attached hydrogens (tertiary/aromatic N) is 1. The molecule has 0 amide bonds. The summed E-state index contributed by atoms with van der Waals surface area (Å²) in [5, 5.41) is 0. The van der Waals surface area contributed by atoms with Gasteiger partial charge in [0.25, 0.3) is 0 Å². The Hall–Kier alpha value is -0.870. The fraction of sp³-hybridized carbons (Fsp3) is 0.500. The van der Waals surface area contributed by atoms with E-state index in [0.29, 0.717) is 0 Å². The van der Waals surface area contributed by atoms with Gasteiger partial charge in [-0.05, 0) is 13.8 Å². The first-order valence-corrected chi connectivity index (χ1v) is 3.03. The van der Waals surface area contributed by atoms with Crippen molar-refractivity contribution in [3.8, 4) is 0 Å². The zero-order valence-corrected chi connectivity index (χ0v) is 6.09. The van der Waals surface area contributed by atoms with E-state index in [0.717, 1.165) is 5.69 Å². The predicted molar refractivity (Wildman–Crippen MR) is 36.9 cm³/mol. The third kappa shape index (κ3) is 1.17. The normalized spacial score (nSPS) is 11.9. The topological polar surface area (TPSA) is 63.9 Å². The van der Waals surface area contributed by atoms with Crippen molar-refractivity contribution in [3.63, 3.8) is 0 Å². The quantitative estimate of drug-likeness (QED) is 0.590. The lowest BCUT2D eigenvalue weighted by atomic mass is 10.1. The number of nitrogens with one attached hydrogen (secondary N) is 1. The monoisotopic (exact) mass is 141 g/mol. The van der Waals surface area contributed by atoms with E-state index in [1.54, 1.807) is 12.5 Å². The Morgan fingerprint density at radius 3 is 2.80 bits per heavy atom. The molecular weight excluding hydrogens is 130 g/mol. The first kappa shape index (κ1) is 7.24. The molecule has 1 aromatic rings. The highest BCUT2D eigenvalue weighted by atomic mass is 16.6. The molecule has 0 bridgehead atoms. The lowest BCUT2D eigenvalue weighted by molar-refractivity contribution is -0.0265. The average molecular weight is 141 g/mol.